The van der Waals surface area contributed by atoms with E-state index >= 15 is 0 Å². The molecule has 0 aromatic carbocycles. The summed E-state index contributed by atoms with van der Waals surface area (Å²) in [6.07, 6.45) is 11.8. The molecule has 17 heavy (non-hydrogen) atoms. The smallest absolute Gasteiger partial charge is 0.0376 e. The van der Waals surface area contributed by atoms with Gasteiger partial charge in [0.1, 0.15) is 0 Å². The van der Waals surface area contributed by atoms with Gasteiger partial charge in [-0.25, -0.2) is 0 Å². The minimum absolute atomic E-state index is 0.334. The fourth-order valence-electron chi connectivity index (χ4n) is 2.09. The lowest BCUT2D eigenvalue weighted by atomic mass is 10.0. The highest BCUT2D eigenvalue weighted by molar-refractivity contribution is 7.07. The zero-order valence-corrected chi connectivity index (χ0v) is 12.5. The van der Waals surface area contributed by atoms with E-state index in [1.807, 2.05) is 0 Å². The Morgan fingerprint density at radius 3 is 2.47 bits per heavy atom. The highest BCUT2D eigenvalue weighted by atomic mass is 35.5. The molecule has 98 valence electrons. The number of hydrogen-bond acceptors (Lipinski definition) is 1. The number of thiophene rings is 1. The molecule has 0 saturated carbocycles. The SMILES string of the molecule is CCCCCCCCCC(Cl)Cc1ccsc1. The van der Waals surface area contributed by atoms with Gasteiger partial charge in [-0.05, 0) is 35.2 Å². The lowest BCUT2D eigenvalue weighted by Gasteiger charge is -2.07. The van der Waals surface area contributed by atoms with Crippen molar-refractivity contribution < 1.29 is 0 Å². The van der Waals surface area contributed by atoms with Crippen molar-refractivity contribution in [1.29, 1.82) is 0 Å². The molecule has 0 amide bonds. The van der Waals surface area contributed by atoms with Crippen molar-refractivity contribution in [3.63, 3.8) is 0 Å². The molecule has 0 bridgehead atoms. The van der Waals surface area contributed by atoms with Crippen LogP contribution in [0.4, 0.5) is 0 Å². The molecule has 1 rings (SSSR count). The van der Waals surface area contributed by atoms with E-state index < -0.39 is 0 Å². The van der Waals surface area contributed by atoms with Crippen LogP contribution in [-0.2, 0) is 6.42 Å². The van der Waals surface area contributed by atoms with E-state index in [0.717, 1.165) is 6.42 Å². The average Bonchev–Trinajstić information content (AvgIpc) is 2.80. The van der Waals surface area contributed by atoms with Crippen LogP contribution in [0.3, 0.4) is 0 Å². The summed E-state index contributed by atoms with van der Waals surface area (Å²) in [5, 5.41) is 4.67. The van der Waals surface area contributed by atoms with Gasteiger partial charge in [-0.1, -0.05) is 51.9 Å². The molecule has 1 aromatic heterocycles. The first-order valence-electron chi connectivity index (χ1n) is 6.98. The van der Waals surface area contributed by atoms with Crippen LogP contribution in [-0.4, -0.2) is 5.38 Å². The second-order valence-electron chi connectivity index (χ2n) is 4.84. The van der Waals surface area contributed by atoms with Gasteiger partial charge >= 0.3 is 0 Å². The molecule has 0 aliphatic carbocycles. The normalized spacial score (nSPS) is 12.8. The first-order valence-corrected chi connectivity index (χ1v) is 8.36. The molecule has 0 aliphatic rings. The molecular formula is C15H25ClS. The molecule has 0 spiro atoms. The fourth-order valence-corrected chi connectivity index (χ4v) is 3.10. The lowest BCUT2D eigenvalue weighted by molar-refractivity contribution is 0.567. The third-order valence-corrected chi connectivity index (χ3v) is 4.26. The molecule has 0 radical (unpaired) electrons. The Bertz CT molecular complexity index is 256. The Balaban J connectivity index is 1.92. The van der Waals surface area contributed by atoms with Gasteiger partial charge in [0.2, 0.25) is 0 Å². The minimum atomic E-state index is 0.334. The molecule has 0 N–H and O–H groups in total. The van der Waals surface area contributed by atoms with E-state index in [-0.39, 0.29) is 0 Å². The predicted molar refractivity (Wildman–Crippen MR) is 80.3 cm³/mol. The third kappa shape index (κ3) is 7.83. The van der Waals surface area contributed by atoms with Crippen molar-refractivity contribution in [2.45, 2.75) is 70.1 Å². The summed E-state index contributed by atoms with van der Waals surface area (Å²) in [5.41, 5.74) is 1.40. The maximum absolute atomic E-state index is 6.34. The van der Waals surface area contributed by atoms with E-state index in [4.69, 9.17) is 11.6 Å². The monoisotopic (exact) mass is 272 g/mol. The van der Waals surface area contributed by atoms with Crippen molar-refractivity contribution in [3.8, 4) is 0 Å². The molecule has 0 aliphatic heterocycles. The second kappa shape index (κ2) is 9.96. The van der Waals surface area contributed by atoms with Gasteiger partial charge in [0.05, 0.1) is 0 Å². The van der Waals surface area contributed by atoms with E-state index in [9.17, 15) is 0 Å². The van der Waals surface area contributed by atoms with Crippen molar-refractivity contribution in [3.05, 3.63) is 22.4 Å². The van der Waals surface area contributed by atoms with Crippen molar-refractivity contribution in [2.75, 3.05) is 0 Å². The number of unbranched alkanes of at least 4 members (excludes halogenated alkanes) is 6. The summed E-state index contributed by atoms with van der Waals surface area (Å²) >= 11 is 8.10. The highest BCUT2D eigenvalue weighted by Crippen LogP contribution is 2.17. The maximum Gasteiger partial charge on any atom is 0.0376 e. The molecule has 0 nitrogen and oxygen atoms in total. The summed E-state index contributed by atoms with van der Waals surface area (Å²) < 4.78 is 0. The van der Waals surface area contributed by atoms with Crippen LogP contribution < -0.4 is 0 Å². The largest absolute Gasteiger partial charge is 0.152 e. The Morgan fingerprint density at radius 1 is 1.12 bits per heavy atom. The third-order valence-electron chi connectivity index (χ3n) is 3.16. The van der Waals surface area contributed by atoms with Gasteiger partial charge in [0.15, 0.2) is 0 Å². The Morgan fingerprint density at radius 2 is 1.82 bits per heavy atom. The van der Waals surface area contributed by atoms with E-state index in [2.05, 4.69) is 23.8 Å². The van der Waals surface area contributed by atoms with Crippen molar-refractivity contribution in [1.82, 2.24) is 0 Å². The Kier molecular flexibility index (Phi) is 8.82. The van der Waals surface area contributed by atoms with Crippen LogP contribution in [0.5, 0.6) is 0 Å². The van der Waals surface area contributed by atoms with Crippen LogP contribution >= 0.6 is 22.9 Å². The van der Waals surface area contributed by atoms with Crippen LogP contribution in [0.25, 0.3) is 0 Å². The fraction of sp³-hybridized carbons (Fsp3) is 0.733. The molecule has 1 unspecified atom stereocenters. The van der Waals surface area contributed by atoms with Gasteiger partial charge in [-0.3, -0.25) is 0 Å². The van der Waals surface area contributed by atoms with Gasteiger partial charge in [0, 0.05) is 5.38 Å². The number of rotatable bonds is 10. The van der Waals surface area contributed by atoms with Gasteiger partial charge in [-0.15, -0.1) is 11.6 Å². The molecule has 1 atom stereocenters. The molecule has 0 fully saturated rings. The lowest BCUT2D eigenvalue weighted by Crippen LogP contribution is -2.02. The van der Waals surface area contributed by atoms with Crippen molar-refractivity contribution in [2.24, 2.45) is 0 Å². The van der Waals surface area contributed by atoms with E-state index in [0.29, 0.717) is 5.38 Å². The zero-order valence-electron chi connectivity index (χ0n) is 11.0. The molecule has 1 aromatic rings. The first-order chi connectivity index (χ1) is 8.33. The number of alkyl halides is 1. The van der Waals surface area contributed by atoms with Gasteiger partial charge in [-0.2, -0.15) is 11.3 Å². The molecular weight excluding hydrogens is 248 g/mol. The maximum atomic E-state index is 6.34. The Labute approximate surface area is 115 Å². The van der Waals surface area contributed by atoms with Gasteiger partial charge < -0.3 is 0 Å². The van der Waals surface area contributed by atoms with Gasteiger partial charge in [0.25, 0.3) is 0 Å². The van der Waals surface area contributed by atoms with E-state index in [1.165, 1.54) is 56.9 Å². The molecule has 1 heterocycles. The number of halogens is 1. The highest BCUT2D eigenvalue weighted by Gasteiger charge is 2.05. The van der Waals surface area contributed by atoms with Crippen LogP contribution in [0.15, 0.2) is 16.8 Å². The summed E-state index contributed by atoms with van der Waals surface area (Å²) in [7, 11) is 0. The summed E-state index contributed by atoms with van der Waals surface area (Å²) in [6, 6.07) is 2.19. The summed E-state index contributed by atoms with van der Waals surface area (Å²) in [4.78, 5) is 0. The first kappa shape index (κ1) is 15.0. The number of hydrogen-bond donors (Lipinski definition) is 0. The van der Waals surface area contributed by atoms with Crippen LogP contribution in [0.2, 0.25) is 0 Å². The Hall–Kier alpha value is -0.0100. The quantitative estimate of drug-likeness (QED) is 0.360. The zero-order chi connectivity index (χ0) is 12.3. The standard InChI is InChI=1S/C15H25ClS/c1-2-3-4-5-6-7-8-9-15(16)12-14-10-11-17-13-14/h10-11,13,15H,2-9,12H2,1H3. The minimum Gasteiger partial charge on any atom is -0.152 e. The van der Waals surface area contributed by atoms with E-state index in [1.54, 1.807) is 11.3 Å². The summed E-state index contributed by atoms with van der Waals surface area (Å²) in [6.45, 7) is 2.27. The second-order valence-corrected chi connectivity index (χ2v) is 6.24. The summed E-state index contributed by atoms with van der Waals surface area (Å²) in [5.74, 6) is 0. The molecule has 0 saturated heterocycles. The van der Waals surface area contributed by atoms with Crippen LogP contribution in [0.1, 0.15) is 63.9 Å². The predicted octanol–water partition coefficient (Wildman–Crippen LogP) is 6.04. The topological polar surface area (TPSA) is 0 Å². The van der Waals surface area contributed by atoms with Crippen molar-refractivity contribution >= 4 is 22.9 Å². The average molecular weight is 273 g/mol. The van der Waals surface area contributed by atoms with Crippen LogP contribution in [0, 0.1) is 0 Å². The molecule has 2 heteroatoms.